The largest absolute Gasteiger partial charge is 0.444 e. The molecule has 2 N–H and O–H groups in total. The van der Waals surface area contributed by atoms with Gasteiger partial charge in [0.25, 0.3) is 0 Å². The Bertz CT molecular complexity index is 907. The molecule has 0 aliphatic heterocycles. The fraction of sp³-hybridized carbons (Fsp3) is 0.158. The SMILES string of the molecule is Cc1ccc(-c2nc(CCNC(=O)Nc3ccc(Cl)c(Cl)c3)co2)cc1. The van der Waals surface area contributed by atoms with Crippen molar-refractivity contribution in [3.63, 3.8) is 0 Å². The van der Waals surface area contributed by atoms with Crippen LogP contribution in [0.5, 0.6) is 0 Å². The number of halogens is 2. The number of aryl methyl sites for hydroxylation is 1. The summed E-state index contributed by atoms with van der Waals surface area (Å²) in [5, 5.41) is 6.28. The zero-order chi connectivity index (χ0) is 18.5. The third kappa shape index (κ3) is 4.77. The van der Waals surface area contributed by atoms with E-state index in [9.17, 15) is 4.79 Å². The number of urea groups is 1. The summed E-state index contributed by atoms with van der Waals surface area (Å²) in [6, 6.07) is 12.5. The van der Waals surface area contributed by atoms with Crippen LogP contribution >= 0.6 is 23.2 Å². The summed E-state index contributed by atoms with van der Waals surface area (Å²) in [5.74, 6) is 0.570. The van der Waals surface area contributed by atoms with Crippen LogP contribution in [0.2, 0.25) is 10.0 Å². The Labute approximate surface area is 161 Å². The second-order valence-corrected chi connectivity index (χ2v) is 6.58. The summed E-state index contributed by atoms with van der Waals surface area (Å²) in [5.41, 5.74) is 3.44. The van der Waals surface area contributed by atoms with Crippen molar-refractivity contribution in [3.8, 4) is 11.5 Å². The van der Waals surface area contributed by atoms with Gasteiger partial charge in [-0.25, -0.2) is 9.78 Å². The average molecular weight is 390 g/mol. The molecule has 0 saturated heterocycles. The summed E-state index contributed by atoms with van der Waals surface area (Å²) < 4.78 is 5.50. The predicted molar refractivity (Wildman–Crippen MR) is 104 cm³/mol. The lowest BCUT2D eigenvalue weighted by atomic mass is 10.1. The van der Waals surface area contributed by atoms with Crippen LogP contribution in [0.1, 0.15) is 11.3 Å². The molecule has 0 aliphatic carbocycles. The van der Waals surface area contributed by atoms with Crippen LogP contribution in [0.25, 0.3) is 11.5 Å². The van der Waals surface area contributed by atoms with Crippen molar-refractivity contribution in [2.24, 2.45) is 0 Å². The second kappa shape index (κ2) is 8.25. The summed E-state index contributed by atoms with van der Waals surface area (Å²) in [6.07, 6.45) is 2.16. The van der Waals surface area contributed by atoms with Gasteiger partial charge in [-0.3, -0.25) is 0 Å². The lowest BCUT2D eigenvalue weighted by Crippen LogP contribution is -2.30. The van der Waals surface area contributed by atoms with Gasteiger partial charge in [-0.2, -0.15) is 0 Å². The van der Waals surface area contributed by atoms with E-state index in [-0.39, 0.29) is 6.03 Å². The third-order valence-electron chi connectivity index (χ3n) is 3.69. The van der Waals surface area contributed by atoms with Crippen LogP contribution in [0, 0.1) is 6.92 Å². The van der Waals surface area contributed by atoms with Gasteiger partial charge in [0, 0.05) is 24.2 Å². The molecule has 0 fully saturated rings. The fourth-order valence-corrected chi connectivity index (χ4v) is 2.60. The normalized spacial score (nSPS) is 10.6. The van der Waals surface area contributed by atoms with E-state index in [1.54, 1.807) is 24.5 Å². The maximum atomic E-state index is 11.9. The van der Waals surface area contributed by atoms with Gasteiger partial charge in [0.15, 0.2) is 0 Å². The van der Waals surface area contributed by atoms with E-state index in [1.807, 2.05) is 31.2 Å². The Morgan fingerprint density at radius 2 is 1.88 bits per heavy atom. The van der Waals surface area contributed by atoms with E-state index in [0.29, 0.717) is 34.6 Å². The van der Waals surface area contributed by atoms with E-state index >= 15 is 0 Å². The minimum atomic E-state index is -0.328. The summed E-state index contributed by atoms with van der Waals surface area (Å²) in [4.78, 5) is 16.4. The van der Waals surface area contributed by atoms with Gasteiger partial charge in [0.1, 0.15) is 6.26 Å². The summed E-state index contributed by atoms with van der Waals surface area (Å²) in [6.45, 7) is 2.45. The zero-order valence-electron chi connectivity index (χ0n) is 14.1. The molecule has 3 aromatic rings. The second-order valence-electron chi connectivity index (χ2n) is 5.77. The molecule has 0 radical (unpaired) electrons. The molecule has 5 nitrogen and oxygen atoms in total. The van der Waals surface area contributed by atoms with Crippen LogP contribution in [0.4, 0.5) is 10.5 Å². The number of rotatable bonds is 5. The van der Waals surface area contributed by atoms with Gasteiger partial charge >= 0.3 is 6.03 Å². The molecule has 3 rings (SSSR count). The summed E-state index contributed by atoms with van der Waals surface area (Å²) >= 11 is 11.8. The number of carbonyl (C=O) groups excluding carboxylic acids is 1. The van der Waals surface area contributed by atoms with E-state index in [0.717, 1.165) is 11.3 Å². The van der Waals surface area contributed by atoms with Crippen molar-refractivity contribution in [2.75, 3.05) is 11.9 Å². The maximum Gasteiger partial charge on any atom is 0.319 e. The first-order valence-corrected chi connectivity index (χ1v) is 8.78. The molecule has 1 aromatic heterocycles. The van der Waals surface area contributed by atoms with Crippen molar-refractivity contribution < 1.29 is 9.21 Å². The molecule has 0 bridgehead atoms. The van der Waals surface area contributed by atoms with E-state index in [4.69, 9.17) is 27.6 Å². The number of aromatic nitrogens is 1. The smallest absolute Gasteiger partial charge is 0.319 e. The lowest BCUT2D eigenvalue weighted by molar-refractivity contribution is 0.252. The molecule has 1 heterocycles. The minimum absolute atomic E-state index is 0.328. The average Bonchev–Trinajstić information content (AvgIpc) is 3.08. The van der Waals surface area contributed by atoms with Crippen molar-refractivity contribution in [2.45, 2.75) is 13.3 Å². The van der Waals surface area contributed by atoms with Crippen LogP contribution < -0.4 is 10.6 Å². The highest BCUT2D eigenvalue weighted by atomic mass is 35.5. The predicted octanol–water partition coefficient (Wildman–Crippen LogP) is 5.32. The van der Waals surface area contributed by atoms with Gasteiger partial charge in [0.2, 0.25) is 5.89 Å². The molecule has 0 spiro atoms. The molecule has 0 saturated carbocycles. The highest BCUT2D eigenvalue weighted by Gasteiger charge is 2.08. The molecular formula is C19H17Cl2N3O2. The Hall–Kier alpha value is -2.50. The minimum Gasteiger partial charge on any atom is -0.444 e. The zero-order valence-corrected chi connectivity index (χ0v) is 15.6. The standard InChI is InChI=1S/C19H17Cl2N3O2/c1-12-2-4-13(5-3-12)18-23-15(11-26-18)8-9-22-19(25)24-14-6-7-16(20)17(21)10-14/h2-7,10-11H,8-9H2,1H3,(H2,22,24,25). The van der Waals surface area contributed by atoms with Crippen LogP contribution in [-0.2, 0) is 6.42 Å². The van der Waals surface area contributed by atoms with E-state index < -0.39 is 0 Å². The Kier molecular flexibility index (Phi) is 5.81. The topological polar surface area (TPSA) is 67.2 Å². The first kappa shape index (κ1) is 18.3. The van der Waals surface area contributed by atoms with Crippen LogP contribution in [0.15, 0.2) is 53.1 Å². The highest BCUT2D eigenvalue weighted by molar-refractivity contribution is 6.42. The molecule has 0 aliphatic rings. The number of anilines is 1. The molecule has 134 valence electrons. The molecule has 2 amide bonds. The van der Waals surface area contributed by atoms with Gasteiger partial charge < -0.3 is 15.1 Å². The number of oxazole rings is 1. The molecule has 7 heteroatoms. The number of nitrogens with zero attached hydrogens (tertiary/aromatic N) is 1. The Morgan fingerprint density at radius 3 is 2.62 bits per heavy atom. The molecule has 26 heavy (non-hydrogen) atoms. The van der Waals surface area contributed by atoms with Gasteiger partial charge in [-0.05, 0) is 37.3 Å². The molecular weight excluding hydrogens is 373 g/mol. The molecule has 0 unspecified atom stereocenters. The number of hydrogen-bond acceptors (Lipinski definition) is 3. The van der Waals surface area contributed by atoms with Crippen molar-refractivity contribution in [1.82, 2.24) is 10.3 Å². The van der Waals surface area contributed by atoms with Gasteiger partial charge in [0.05, 0.1) is 15.7 Å². The van der Waals surface area contributed by atoms with Crippen molar-refractivity contribution >= 4 is 34.9 Å². The quantitative estimate of drug-likeness (QED) is 0.620. The first-order chi connectivity index (χ1) is 12.5. The Balaban J connectivity index is 1.49. The monoisotopic (exact) mass is 389 g/mol. The van der Waals surface area contributed by atoms with Gasteiger partial charge in [-0.1, -0.05) is 40.9 Å². The lowest BCUT2D eigenvalue weighted by Gasteiger charge is -2.07. The van der Waals surface area contributed by atoms with E-state index in [1.165, 1.54) is 5.56 Å². The van der Waals surface area contributed by atoms with Crippen molar-refractivity contribution in [3.05, 3.63) is 70.0 Å². The van der Waals surface area contributed by atoms with E-state index in [2.05, 4.69) is 15.6 Å². The van der Waals surface area contributed by atoms with Crippen LogP contribution in [0.3, 0.4) is 0 Å². The Morgan fingerprint density at radius 1 is 1.12 bits per heavy atom. The third-order valence-corrected chi connectivity index (χ3v) is 4.43. The highest BCUT2D eigenvalue weighted by Crippen LogP contribution is 2.25. The van der Waals surface area contributed by atoms with Crippen LogP contribution in [-0.4, -0.2) is 17.6 Å². The summed E-state index contributed by atoms with van der Waals surface area (Å²) in [7, 11) is 0. The number of amides is 2. The number of nitrogens with one attached hydrogen (secondary N) is 2. The maximum absolute atomic E-state index is 11.9. The molecule has 2 aromatic carbocycles. The fourth-order valence-electron chi connectivity index (χ4n) is 2.30. The number of hydrogen-bond donors (Lipinski definition) is 2. The molecule has 0 atom stereocenters. The number of benzene rings is 2. The number of carbonyl (C=O) groups is 1. The van der Waals surface area contributed by atoms with Crippen molar-refractivity contribution in [1.29, 1.82) is 0 Å². The van der Waals surface area contributed by atoms with Gasteiger partial charge in [-0.15, -0.1) is 0 Å². The first-order valence-electron chi connectivity index (χ1n) is 8.02.